The molecule has 0 bridgehead atoms. The number of carbonyl (C=O) groups is 1. The molecule has 0 spiro atoms. The van der Waals surface area contributed by atoms with E-state index in [4.69, 9.17) is 21.1 Å². The molecule has 0 saturated heterocycles. The van der Waals surface area contributed by atoms with E-state index >= 15 is 0 Å². The van der Waals surface area contributed by atoms with Gasteiger partial charge in [-0.3, -0.25) is 4.79 Å². The van der Waals surface area contributed by atoms with Gasteiger partial charge < -0.3 is 14.8 Å². The van der Waals surface area contributed by atoms with Gasteiger partial charge in [0.25, 0.3) is 5.91 Å². The number of carbonyl (C=O) groups excluding carboxylic acids is 1. The van der Waals surface area contributed by atoms with E-state index in [9.17, 15) is 4.79 Å². The third kappa shape index (κ3) is 4.69. The summed E-state index contributed by atoms with van der Waals surface area (Å²) in [5.74, 6) is 0.192. The van der Waals surface area contributed by atoms with Gasteiger partial charge in [0.1, 0.15) is 17.5 Å². The van der Waals surface area contributed by atoms with Crippen molar-refractivity contribution in [3.8, 4) is 5.75 Å². The van der Waals surface area contributed by atoms with E-state index < -0.39 is 0 Å². The van der Waals surface area contributed by atoms with Crippen LogP contribution in [0.3, 0.4) is 0 Å². The van der Waals surface area contributed by atoms with Gasteiger partial charge in [-0.2, -0.15) is 0 Å². The molecule has 22 heavy (non-hydrogen) atoms. The highest BCUT2D eigenvalue weighted by Crippen LogP contribution is 2.24. The quantitative estimate of drug-likeness (QED) is 0.607. The number of benzene rings is 1. The summed E-state index contributed by atoms with van der Waals surface area (Å²) in [6.07, 6.45) is 1.49. The minimum Gasteiger partial charge on any atom is -0.490 e. The summed E-state index contributed by atoms with van der Waals surface area (Å²) in [6.45, 7) is 0.805. The van der Waals surface area contributed by atoms with E-state index in [1.54, 1.807) is 31.4 Å². The second-order valence-corrected chi connectivity index (χ2v) is 5.61. The van der Waals surface area contributed by atoms with Crippen molar-refractivity contribution in [2.75, 3.05) is 25.6 Å². The lowest BCUT2D eigenvalue weighted by molar-refractivity contribution is 0.101. The van der Waals surface area contributed by atoms with Gasteiger partial charge >= 0.3 is 0 Å². The van der Waals surface area contributed by atoms with Gasteiger partial charge in [-0.15, -0.1) is 0 Å². The molecule has 2 aromatic rings. The minimum atomic E-state index is -0.294. The van der Waals surface area contributed by atoms with Gasteiger partial charge in [0.15, 0.2) is 0 Å². The van der Waals surface area contributed by atoms with Crippen molar-refractivity contribution in [2.45, 2.75) is 0 Å². The molecular formula is C15H14BrClN2O3. The van der Waals surface area contributed by atoms with E-state index in [1.165, 1.54) is 6.20 Å². The van der Waals surface area contributed by atoms with Crippen LogP contribution in [0, 0.1) is 0 Å². The highest BCUT2D eigenvalue weighted by Gasteiger charge is 2.14. The lowest BCUT2D eigenvalue weighted by atomic mass is 10.2. The Morgan fingerprint density at radius 1 is 1.32 bits per heavy atom. The molecule has 0 radical (unpaired) electrons. The molecule has 7 heteroatoms. The largest absolute Gasteiger partial charge is 0.490 e. The summed E-state index contributed by atoms with van der Waals surface area (Å²) >= 11 is 9.07. The van der Waals surface area contributed by atoms with Crippen LogP contribution in [0.15, 0.2) is 41.0 Å². The number of nitrogens with zero attached hydrogens (tertiary/aromatic N) is 1. The molecule has 116 valence electrons. The number of anilines is 1. The van der Waals surface area contributed by atoms with Crippen LogP contribution in [0.1, 0.15) is 10.4 Å². The molecule has 1 N–H and O–H groups in total. The van der Waals surface area contributed by atoms with Crippen LogP contribution in [0.25, 0.3) is 0 Å². The Hall–Kier alpha value is -1.63. The van der Waals surface area contributed by atoms with Crippen molar-refractivity contribution in [1.29, 1.82) is 0 Å². The molecule has 5 nitrogen and oxygen atoms in total. The first kappa shape index (κ1) is 16.7. The monoisotopic (exact) mass is 384 g/mol. The second kappa shape index (κ2) is 8.12. The van der Waals surface area contributed by atoms with Crippen molar-refractivity contribution in [3.63, 3.8) is 0 Å². The number of ether oxygens (including phenoxy) is 2. The normalized spacial score (nSPS) is 10.3. The maximum absolute atomic E-state index is 12.4. The second-order valence-electron chi connectivity index (χ2n) is 4.31. The fourth-order valence-corrected chi connectivity index (χ4v) is 2.16. The number of hydrogen-bond acceptors (Lipinski definition) is 4. The Morgan fingerprint density at radius 3 is 2.82 bits per heavy atom. The molecule has 0 fully saturated rings. The number of nitrogens with one attached hydrogen (secondary N) is 1. The molecule has 0 atom stereocenters. The molecule has 0 aliphatic heterocycles. The Kier molecular flexibility index (Phi) is 6.18. The summed E-state index contributed by atoms with van der Waals surface area (Å²) in [7, 11) is 1.59. The van der Waals surface area contributed by atoms with Gasteiger partial charge in [-0.25, -0.2) is 4.98 Å². The van der Waals surface area contributed by atoms with Crippen LogP contribution in [0.4, 0.5) is 5.69 Å². The van der Waals surface area contributed by atoms with Crippen molar-refractivity contribution < 1.29 is 14.3 Å². The smallest absolute Gasteiger partial charge is 0.259 e. The molecule has 0 saturated carbocycles. The van der Waals surface area contributed by atoms with Crippen LogP contribution in [-0.2, 0) is 4.74 Å². The summed E-state index contributed by atoms with van der Waals surface area (Å²) in [4.78, 5) is 16.3. The molecular weight excluding hydrogens is 372 g/mol. The molecule has 0 aliphatic carbocycles. The van der Waals surface area contributed by atoms with Crippen LogP contribution in [0.5, 0.6) is 5.75 Å². The molecule has 0 aliphatic rings. The zero-order valence-corrected chi connectivity index (χ0v) is 14.1. The fourth-order valence-electron chi connectivity index (χ4n) is 1.69. The van der Waals surface area contributed by atoms with Crippen LogP contribution in [-0.4, -0.2) is 31.2 Å². The first-order valence-corrected chi connectivity index (χ1v) is 7.61. The third-order valence-electron chi connectivity index (χ3n) is 2.72. The Labute approximate surface area is 141 Å². The van der Waals surface area contributed by atoms with Crippen LogP contribution >= 0.6 is 27.5 Å². The third-order valence-corrected chi connectivity index (χ3v) is 3.43. The van der Waals surface area contributed by atoms with Gasteiger partial charge in [-0.05, 0) is 30.3 Å². The first-order chi connectivity index (χ1) is 10.6. The van der Waals surface area contributed by atoms with Gasteiger partial charge in [-0.1, -0.05) is 27.5 Å². The zero-order chi connectivity index (χ0) is 15.9. The first-order valence-electron chi connectivity index (χ1n) is 6.44. The number of halogens is 2. The predicted octanol–water partition coefficient (Wildman–Crippen LogP) is 3.78. The van der Waals surface area contributed by atoms with Crippen LogP contribution < -0.4 is 10.1 Å². The Bertz CT molecular complexity index is 650. The summed E-state index contributed by atoms with van der Waals surface area (Å²) < 4.78 is 11.3. The molecule has 1 heterocycles. The van der Waals surface area contributed by atoms with Crippen molar-refractivity contribution in [3.05, 3.63) is 51.7 Å². The van der Waals surface area contributed by atoms with E-state index in [2.05, 4.69) is 26.2 Å². The topological polar surface area (TPSA) is 60.5 Å². The van der Waals surface area contributed by atoms with Crippen molar-refractivity contribution >= 4 is 39.1 Å². The summed E-state index contributed by atoms with van der Waals surface area (Å²) in [5.41, 5.74) is 0.970. The highest BCUT2D eigenvalue weighted by molar-refractivity contribution is 9.10. The lowest BCUT2D eigenvalue weighted by Gasteiger charge is -2.12. The molecule has 2 rings (SSSR count). The van der Waals surface area contributed by atoms with E-state index in [0.29, 0.717) is 35.4 Å². The van der Waals surface area contributed by atoms with Crippen molar-refractivity contribution in [2.24, 2.45) is 0 Å². The lowest BCUT2D eigenvalue weighted by Crippen LogP contribution is -2.15. The summed E-state index contributed by atoms with van der Waals surface area (Å²) in [5, 5.41) is 3.12. The van der Waals surface area contributed by atoms with Crippen LogP contribution in [0.2, 0.25) is 5.15 Å². The molecule has 1 aromatic carbocycles. The average Bonchev–Trinajstić information content (AvgIpc) is 2.51. The standard InChI is InChI=1S/C15H14BrClN2O3/c1-21-6-7-22-13-4-2-10(16)8-12(13)15(20)19-11-3-5-14(17)18-9-11/h2-5,8-9H,6-7H2,1H3,(H,19,20). The molecule has 1 amide bonds. The SMILES string of the molecule is COCCOc1ccc(Br)cc1C(=O)Nc1ccc(Cl)nc1. The van der Waals surface area contributed by atoms with E-state index in [-0.39, 0.29) is 5.91 Å². The number of methoxy groups -OCH3 is 1. The van der Waals surface area contributed by atoms with E-state index in [0.717, 1.165) is 4.47 Å². The Balaban J connectivity index is 2.16. The maximum atomic E-state index is 12.4. The highest BCUT2D eigenvalue weighted by atomic mass is 79.9. The summed E-state index contributed by atoms with van der Waals surface area (Å²) in [6, 6.07) is 8.52. The zero-order valence-electron chi connectivity index (χ0n) is 11.8. The maximum Gasteiger partial charge on any atom is 0.259 e. The number of pyridine rings is 1. The predicted molar refractivity (Wildman–Crippen MR) is 88.7 cm³/mol. The van der Waals surface area contributed by atoms with Gasteiger partial charge in [0.05, 0.1) is 24.1 Å². The number of amides is 1. The Morgan fingerprint density at radius 2 is 2.14 bits per heavy atom. The van der Waals surface area contributed by atoms with E-state index in [1.807, 2.05) is 6.07 Å². The number of hydrogen-bond donors (Lipinski definition) is 1. The number of rotatable bonds is 6. The molecule has 1 aromatic heterocycles. The molecule has 0 unspecified atom stereocenters. The fraction of sp³-hybridized carbons (Fsp3) is 0.200. The van der Waals surface area contributed by atoms with Gasteiger partial charge in [0, 0.05) is 11.6 Å². The van der Waals surface area contributed by atoms with Crippen molar-refractivity contribution in [1.82, 2.24) is 4.98 Å². The average molecular weight is 386 g/mol. The van der Waals surface area contributed by atoms with Gasteiger partial charge in [0.2, 0.25) is 0 Å². The number of aromatic nitrogens is 1. The minimum absolute atomic E-state index is 0.294.